The number of hydrogen-bond acceptors (Lipinski definition) is 6. The fourth-order valence-corrected chi connectivity index (χ4v) is 4.07. The summed E-state index contributed by atoms with van der Waals surface area (Å²) in [5.74, 6) is 0.138. The number of nitrogens with zero attached hydrogens (tertiary/aromatic N) is 1. The molecule has 0 unspecified atom stereocenters. The zero-order valence-electron chi connectivity index (χ0n) is 20.3. The van der Waals surface area contributed by atoms with Crippen LogP contribution in [0.2, 0.25) is 0 Å². The van der Waals surface area contributed by atoms with Crippen LogP contribution in [-0.2, 0) is 11.4 Å². The van der Waals surface area contributed by atoms with E-state index in [9.17, 15) is 14.9 Å². The van der Waals surface area contributed by atoms with Gasteiger partial charge in [0.2, 0.25) is 0 Å². The van der Waals surface area contributed by atoms with Crippen LogP contribution in [0.5, 0.6) is 17.2 Å². The highest BCUT2D eigenvalue weighted by molar-refractivity contribution is 14.1. The van der Waals surface area contributed by atoms with Crippen molar-refractivity contribution in [1.29, 1.82) is 5.26 Å². The van der Waals surface area contributed by atoms with Gasteiger partial charge in [0.05, 0.1) is 22.3 Å². The number of benzene rings is 3. The normalized spacial score (nSPS) is 10.8. The number of nitriles is 1. The number of aromatic carboxylic acids is 1. The van der Waals surface area contributed by atoms with Gasteiger partial charge in [-0.1, -0.05) is 12.1 Å². The van der Waals surface area contributed by atoms with Crippen molar-refractivity contribution >= 4 is 46.2 Å². The minimum atomic E-state index is -0.991. The molecule has 0 aliphatic heterocycles. The van der Waals surface area contributed by atoms with Gasteiger partial charge in [-0.15, -0.1) is 0 Å². The van der Waals surface area contributed by atoms with Crippen molar-refractivity contribution in [2.75, 3.05) is 18.5 Å². The van der Waals surface area contributed by atoms with E-state index >= 15 is 0 Å². The molecule has 3 aromatic carbocycles. The fraction of sp³-hybridized carbons (Fsp3) is 0.179. The number of anilines is 1. The first-order valence-corrected chi connectivity index (χ1v) is 12.5. The maximum absolute atomic E-state index is 12.7. The van der Waals surface area contributed by atoms with E-state index in [0.29, 0.717) is 41.7 Å². The van der Waals surface area contributed by atoms with E-state index < -0.39 is 11.9 Å². The summed E-state index contributed by atoms with van der Waals surface area (Å²) in [4.78, 5) is 23.8. The van der Waals surface area contributed by atoms with Crippen molar-refractivity contribution in [3.63, 3.8) is 0 Å². The van der Waals surface area contributed by atoms with Gasteiger partial charge in [-0.2, -0.15) is 5.26 Å². The van der Waals surface area contributed by atoms with Gasteiger partial charge in [0.25, 0.3) is 5.91 Å². The second-order valence-electron chi connectivity index (χ2n) is 7.64. The Morgan fingerprint density at radius 3 is 2.27 bits per heavy atom. The molecule has 2 N–H and O–H groups in total. The van der Waals surface area contributed by atoms with Crippen molar-refractivity contribution in [1.82, 2.24) is 0 Å². The summed E-state index contributed by atoms with van der Waals surface area (Å²) in [6.07, 6.45) is 1.49. The molecule has 0 saturated carbocycles. The maximum atomic E-state index is 12.7. The smallest absolute Gasteiger partial charge is 0.335 e. The minimum Gasteiger partial charge on any atom is -0.494 e. The Balaban J connectivity index is 1.78. The van der Waals surface area contributed by atoms with E-state index in [2.05, 4.69) is 27.9 Å². The molecule has 0 bridgehead atoms. The molecule has 0 spiro atoms. The van der Waals surface area contributed by atoms with Crippen LogP contribution < -0.4 is 19.5 Å². The van der Waals surface area contributed by atoms with Crippen molar-refractivity contribution in [2.45, 2.75) is 20.5 Å². The molecular formula is C28H25IN2O6. The number of amides is 1. The Labute approximate surface area is 228 Å². The lowest BCUT2D eigenvalue weighted by Crippen LogP contribution is -2.13. The van der Waals surface area contributed by atoms with Gasteiger partial charge in [0.1, 0.15) is 24.0 Å². The van der Waals surface area contributed by atoms with Gasteiger partial charge in [-0.3, -0.25) is 4.79 Å². The number of ether oxygens (including phenoxy) is 3. The zero-order chi connectivity index (χ0) is 26.8. The van der Waals surface area contributed by atoms with Gasteiger partial charge in [-0.25, -0.2) is 4.79 Å². The summed E-state index contributed by atoms with van der Waals surface area (Å²) in [5, 5.41) is 21.4. The Morgan fingerprint density at radius 2 is 1.68 bits per heavy atom. The molecule has 8 nitrogen and oxygen atoms in total. The Bertz CT molecular complexity index is 1330. The predicted molar refractivity (Wildman–Crippen MR) is 148 cm³/mol. The molecule has 0 saturated heterocycles. The van der Waals surface area contributed by atoms with Gasteiger partial charge >= 0.3 is 5.97 Å². The Hall–Kier alpha value is -4.04. The summed E-state index contributed by atoms with van der Waals surface area (Å²) in [6.45, 7) is 4.86. The highest BCUT2D eigenvalue weighted by Crippen LogP contribution is 2.35. The van der Waals surface area contributed by atoms with Crippen molar-refractivity contribution in [3.8, 4) is 23.3 Å². The number of nitrogens with one attached hydrogen (secondary N) is 1. The third-order valence-corrected chi connectivity index (χ3v) is 5.82. The van der Waals surface area contributed by atoms with Gasteiger partial charge < -0.3 is 24.6 Å². The molecule has 0 aliphatic carbocycles. The number of rotatable bonds is 11. The molecule has 190 valence electrons. The van der Waals surface area contributed by atoms with E-state index in [-0.39, 0.29) is 17.7 Å². The van der Waals surface area contributed by atoms with Gasteiger partial charge in [-0.05, 0) is 102 Å². The van der Waals surface area contributed by atoms with Crippen LogP contribution in [0.15, 0.2) is 66.2 Å². The number of halogens is 1. The summed E-state index contributed by atoms with van der Waals surface area (Å²) in [5.41, 5.74) is 2.07. The van der Waals surface area contributed by atoms with Gasteiger partial charge in [0, 0.05) is 5.69 Å². The maximum Gasteiger partial charge on any atom is 0.335 e. The van der Waals surface area contributed by atoms with Crippen LogP contribution in [0.1, 0.15) is 35.3 Å². The SMILES string of the molecule is CCOc1ccc(NC(=O)/C(C#N)=C/c2cc(I)c(OCc3ccc(C(=O)O)cc3)c(OCC)c2)cc1. The summed E-state index contributed by atoms with van der Waals surface area (Å²) in [7, 11) is 0. The Morgan fingerprint density at radius 1 is 1.00 bits per heavy atom. The predicted octanol–water partition coefficient (Wildman–Crippen LogP) is 5.91. The first-order valence-electron chi connectivity index (χ1n) is 11.4. The number of carbonyl (C=O) groups is 2. The lowest BCUT2D eigenvalue weighted by Gasteiger charge is -2.15. The first kappa shape index (κ1) is 27.5. The number of hydrogen-bond donors (Lipinski definition) is 2. The Kier molecular flexibility index (Phi) is 9.92. The standard InChI is InChI=1S/C28H25IN2O6/c1-3-35-23-11-9-22(10-12-23)31-27(32)21(16-30)13-19-14-24(29)26(25(15-19)36-4-2)37-17-18-5-7-20(8-6-18)28(33)34/h5-15H,3-4,17H2,1-2H3,(H,31,32)(H,33,34)/b21-13+. The topological polar surface area (TPSA) is 118 Å². The fourth-order valence-electron chi connectivity index (χ4n) is 3.29. The zero-order valence-corrected chi connectivity index (χ0v) is 22.4. The quantitative estimate of drug-likeness (QED) is 0.157. The van der Waals surface area contributed by atoms with Crippen LogP contribution >= 0.6 is 22.6 Å². The summed E-state index contributed by atoms with van der Waals surface area (Å²) in [6, 6.07) is 18.8. The molecule has 37 heavy (non-hydrogen) atoms. The summed E-state index contributed by atoms with van der Waals surface area (Å²) >= 11 is 2.11. The van der Waals surface area contributed by atoms with Crippen LogP contribution in [0, 0.1) is 14.9 Å². The highest BCUT2D eigenvalue weighted by Gasteiger charge is 2.15. The average Bonchev–Trinajstić information content (AvgIpc) is 2.88. The lowest BCUT2D eigenvalue weighted by molar-refractivity contribution is -0.112. The average molecular weight is 612 g/mol. The van der Waals surface area contributed by atoms with Crippen molar-refractivity contribution in [3.05, 3.63) is 86.5 Å². The van der Waals surface area contributed by atoms with Crippen LogP contribution in [0.3, 0.4) is 0 Å². The van der Waals surface area contributed by atoms with E-state index in [1.165, 1.54) is 18.2 Å². The monoisotopic (exact) mass is 612 g/mol. The molecular weight excluding hydrogens is 587 g/mol. The van der Waals surface area contributed by atoms with E-state index in [0.717, 1.165) is 9.13 Å². The van der Waals surface area contributed by atoms with E-state index in [1.54, 1.807) is 48.5 Å². The van der Waals surface area contributed by atoms with Crippen LogP contribution in [-0.4, -0.2) is 30.2 Å². The molecule has 3 rings (SSSR count). The van der Waals surface area contributed by atoms with Crippen molar-refractivity contribution in [2.24, 2.45) is 0 Å². The number of carboxylic acid groups (broad SMARTS) is 1. The minimum absolute atomic E-state index is 0.0701. The van der Waals surface area contributed by atoms with Gasteiger partial charge in [0.15, 0.2) is 11.5 Å². The third-order valence-electron chi connectivity index (χ3n) is 5.02. The molecule has 0 fully saturated rings. The number of carboxylic acids is 1. The molecule has 0 radical (unpaired) electrons. The molecule has 0 aliphatic rings. The second kappa shape index (κ2) is 13.3. The highest BCUT2D eigenvalue weighted by atomic mass is 127. The molecule has 1 amide bonds. The number of carbonyl (C=O) groups excluding carboxylic acids is 1. The van der Waals surface area contributed by atoms with Crippen LogP contribution in [0.25, 0.3) is 6.08 Å². The molecule has 0 aromatic heterocycles. The van der Waals surface area contributed by atoms with Crippen LogP contribution in [0.4, 0.5) is 5.69 Å². The van der Waals surface area contributed by atoms with Crippen molar-refractivity contribution < 1.29 is 28.9 Å². The van der Waals surface area contributed by atoms with E-state index in [1.807, 2.05) is 19.9 Å². The molecule has 0 atom stereocenters. The largest absolute Gasteiger partial charge is 0.494 e. The summed E-state index contributed by atoms with van der Waals surface area (Å²) < 4.78 is 17.9. The van der Waals surface area contributed by atoms with E-state index in [4.69, 9.17) is 19.3 Å². The molecule has 0 heterocycles. The molecule has 3 aromatic rings. The second-order valence-corrected chi connectivity index (χ2v) is 8.80. The molecule has 9 heteroatoms. The first-order chi connectivity index (χ1) is 17.8. The lowest BCUT2D eigenvalue weighted by atomic mass is 10.1. The third kappa shape index (κ3) is 7.72.